The molecule has 0 aliphatic carbocycles. The summed E-state index contributed by atoms with van der Waals surface area (Å²) in [6.45, 7) is 4.74. The largest absolute Gasteiger partial charge is 0.368 e. The number of nitrogens with zero attached hydrogens (tertiary/aromatic N) is 4. The second-order valence-electron chi connectivity index (χ2n) is 5.74. The smallest absolute Gasteiger partial charge is 0.240 e. The summed E-state index contributed by atoms with van der Waals surface area (Å²) >= 11 is 0. The Labute approximate surface area is 141 Å². The van der Waals surface area contributed by atoms with Gasteiger partial charge in [-0.1, -0.05) is 37.3 Å². The average molecular weight is 323 g/mol. The molecule has 3 aromatic rings. The summed E-state index contributed by atoms with van der Waals surface area (Å²) in [6.07, 6.45) is 6.37. The van der Waals surface area contributed by atoms with Gasteiger partial charge in [0.15, 0.2) is 5.82 Å². The van der Waals surface area contributed by atoms with Crippen LogP contribution in [-0.2, 0) is 11.3 Å². The predicted octanol–water partition coefficient (Wildman–Crippen LogP) is 2.87. The SMILES string of the molecule is CCCn1ccnc1-c1c(-c2ccccc2)ncn1[C@H](C)C(N)=O. The lowest BCUT2D eigenvalue weighted by molar-refractivity contribution is -0.120. The van der Waals surface area contributed by atoms with Gasteiger partial charge in [0.05, 0.1) is 12.0 Å². The Morgan fingerprint density at radius 3 is 2.67 bits per heavy atom. The molecule has 3 rings (SSSR count). The lowest BCUT2D eigenvalue weighted by atomic mass is 10.1. The zero-order valence-electron chi connectivity index (χ0n) is 13.9. The van der Waals surface area contributed by atoms with Crippen LogP contribution in [0.2, 0.25) is 0 Å². The van der Waals surface area contributed by atoms with Crippen molar-refractivity contribution in [3.8, 4) is 22.8 Å². The van der Waals surface area contributed by atoms with E-state index in [0.717, 1.165) is 35.7 Å². The number of rotatable bonds is 6. The van der Waals surface area contributed by atoms with E-state index in [4.69, 9.17) is 5.73 Å². The molecule has 0 radical (unpaired) electrons. The summed E-state index contributed by atoms with van der Waals surface area (Å²) in [6, 6.07) is 9.39. The summed E-state index contributed by atoms with van der Waals surface area (Å²) in [5.41, 5.74) is 8.11. The van der Waals surface area contributed by atoms with E-state index < -0.39 is 11.9 Å². The molecule has 0 spiro atoms. The van der Waals surface area contributed by atoms with Gasteiger partial charge in [0, 0.05) is 24.5 Å². The number of carbonyl (C=O) groups excluding carboxylic acids is 1. The van der Waals surface area contributed by atoms with Crippen molar-refractivity contribution in [2.75, 3.05) is 0 Å². The number of aromatic nitrogens is 4. The van der Waals surface area contributed by atoms with Crippen molar-refractivity contribution in [2.24, 2.45) is 5.73 Å². The highest BCUT2D eigenvalue weighted by Gasteiger charge is 2.23. The van der Waals surface area contributed by atoms with Crippen molar-refractivity contribution < 1.29 is 4.79 Å². The number of aryl methyl sites for hydroxylation is 1. The molecule has 124 valence electrons. The second kappa shape index (κ2) is 6.70. The summed E-state index contributed by atoms with van der Waals surface area (Å²) in [5, 5.41) is 0. The molecule has 24 heavy (non-hydrogen) atoms. The number of hydrogen-bond donors (Lipinski definition) is 1. The highest BCUT2D eigenvalue weighted by atomic mass is 16.1. The van der Waals surface area contributed by atoms with E-state index in [1.165, 1.54) is 0 Å². The number of amides is 1. The molecular weight excluding hydrogens is 302 g/mol. The third-order valence-corrected chi connectivity index (χ3v) is 4.06. The van der Waals surface area contributed by atoms with E-state index in [9.17, 15) is 4.79 Å². The van der Waals surface area contributed by atoms with Crippen molar-refractivity contribution in [1.82, 2.24) is 19.1 Å². The van der Waals surface area contributed by atoms with Gasteiger partial charge in [-0.05, 0) is 13.3 Å². The maximum Gasteiger partial charge on any atom is 0.240 e. The first kappa shape index (κ1) is 16.0. The van der Waals surface area contributed by atoms with Crippen LogP contribution < -0.4 is 5.73 Å². The molecule has 0 bridgehead atoms. The van der Waals surface area contributed by atoms with Gasteiger partial charge < -0.3 is 14.9 Å². The van der Waals surface area contributed by atoms with E-state index in [1.54, 1.807) is 24.0 Å². The first-order valence-corrected chi connectivity index (χ1v) is 8.06. The zero-order chi connectivity index (χ0) is 17.1. The van der Waals surface area contributed by atoms with Crippen molar-refractivity contribution in [3.63, 3.8) is 0 Å². The molecule has 6 nitrogen and oxygen atoms in total. The summed E-state index contributed by atoms with van der Waals surface area (Å²) in [5.74, 6) is 0.392. The van der Waals surface area contributed by atoms with Crippen LogP contribution in [0.1, 0.15) is 26.3 Å². The van der Waals surface area contributed by atoms with Crippen LogP contribution in [-0.4, -0.2) is 25.0 Å². The van der Waals surface area contributed by atoms with Crippen LogP contribution in [0.4, 0.5) is 0 Å². The van der Waals surface area contributed by atoms with Gasteiger partial charge in [-0.3, -0.25) is 4.79 Å². The van der Waals surface area contributed by atoms with E-state index >= 15 is 0 Å². The normalized spacial score (nSPS) is 12.2. The van der Waals surface area contributed by atoms with Crippen LogP contribution in [0.25, 0.3) is 22.8 Å². The second-order valence-corrected chi connectivity index (χ2v) is 5.74. The van der Waals surface area contributed by atoms with E-state index in [0.29, 0.717) is 0 Å². The molecule has 1 amide bonds. The maximum absolute atomic E-state index is 11.7. The lowest BCUT2D eigenvalue weighted by Crippen LogP contribution is -2.24. The monoisotopic (exact) mass is 323 g/mol. The Hall–Kier alpha value is -2.89. The third kappa shape index (κ3) is 2.82. The summed E-state index contributed by atoms with van der Waals surface area (Å²) < 4.78 is 3.88. The summed E-state index contributed by atoms with van der Waals surface area (Å²) in [4.78, 5) is 20.8. The fraction of sp³-hybridized carbons (Fsp3) is 0.278. The van der Waals surface area contributed by atoms with E-state index in [2.05, 4.69) is 21.5 Å². The lowest BCUT2D eigenvalue weighted by Gasteiger charge is -2.15. The van der Waals surface area contributed by atoms with Crippen LogP contribution in [0.3, 0.4) is 0 Å². The van der Waals surface area contributed by atoms with Crippen molar-refractivity contribution in [2.45, 2.75) is 32.9 Å². The number of benzene rings is 1. The van der Waals surface area contributed by atoms with Crippen molar-refractivity contribution >= 4 is 5.91 Å². The quantitative estimate of drug-likeness (QED) is 0.757. The molecular formula is C18H21N5O. The number of imidazole rings is 2. The Bertz CT molecular complexity index is 834. The number of carbonyl (C=O) groups is 1. The topological polar surface area (TPSA) is 78.7 Å². The van der Waals surface area contributed by atoms with E-state index in [-0.39, 0.29) is 0 Å². The molecule has 0 aliphatic rings. The highest BCUT2D eigenvalue weighted by molar-refractivity contribution is 5.81. The molecule has 0 saturated heterocycles. The molecule has 0 saturated carbocycles. The Kier molecular flexibility index (Phi) is 4.46. The van der Waals surface area contributed by atoms with Gasteiger partial charge in [-0.25, -0.2) is 9.97 Å². The van der Waals surface area contributed by atoms with Gasteiger partial charge in [-0.15, -0.1) is 0 Å². The van der Waals surface area contributed by atoms with Gasteiger partial charge in [0.1, 0.15) is 11.7 Å². The van der Waals surface area contributed by atoms with Gasteiger partial charge in [0.2, 0.25) is 5.91 Å². The third-order valence-electron chi connectivity index (χ3n) is 4.06. The fourth-order valence-corrected chi connectivity index (χ4v) is 2.77. The molecule has 0 aliphatic heterocycles. The Morgan fingerprint density at radius 2 is 2.00 bits per heavy atom. The number of primary amides is 1. The van der Waals surface area contributed by atoms with Crippen LogP contribution in [0.5, 0.6) is 0 Å². The van der Waals surface area contributed by atoms with Crippen LogP contribution in [0.15, 0.2) is 49.1 Å². The fourth-order valence-electron chi connectivity index (χ4n) is 2.77. The number of nitrogens with two attached hydrogens (primary N) is 1. The average Bonchev–Trinajstić information content (AvgIpc) is 3.21. The van der Waals surface area contributed by atoms with Gasteiger partial charge >= 0.3 is 0 Å². The molecule has 1 aromatic carbocycles. The van der Waals surface area contributed by atoms with E-state index in [1.807, 2.05) is 36.5 Å². The molecule has 1 atom stereocenters. The molecule has 2 aromatic heterocycles. The molecule has 2 heterocycles. The van der Waals surface area contributed by atoms with Crippen molar-refractivity contribution in [3.05, 3.63) is 49.1 Å². The summed E-state index contributed by atoms with van der Waals surface area (Å²) in [7, 11) is 0. The minimum absolute atomic E-state index is 0.401. The molecule has 0 fully saturated rings. The Morgan fingerprint density at radius 1 is 1.25 bits per heavy atom. The Balaban J connectivity index is 2.22. The number of hydrogen-bond acceptors (Lipinski definition) is 3. The van der Waals surface area contributed by atoms with Gasteiger partial charge in [0.25, 0.3) is 0 Å². The predicted molar refractivity (Wildman–Crippen MR) is 93.1 cm³/mol. The van der Waals surface area contributed by atoms with Crippen LogP contribution in [0, 0.1) is 0 Å². The maximum atomic E-state index is 11.7. The minimum atomic E-state index is -0.503. The van der Waals surface area contributed by atoms with Crippen molar-refractivity contribution in [1.29, 1.82) is 0 Å². The van der Waals surface area contributed by atoms with Gasteiger partial charge in [-0.2, -0.15) is 0 Å². The molecule has 0 unspecified atom stereocenters. The first-order valence-electron chi connectivity index (χ1n) is 8.06. The minimum Gasteiger partial charge on any atom is -0.368 e. The zero-order valence-corrected chi connectivity index (χ0v) is 13.9. The first-order chi connectivity index (χ1) is 11.6. The molecule has 6 heteroatoms. The molecule has 2 N–H and O–H groups in total. The van der Waals surface area contributed by atoms with Crippen LogP contribution >= 0.6 is 0 Å². The highest BCUT2D eigenvalue weighted by Crippen LogP contribution is 2.32. The standard InChI is InChI=1S/C18H21N5O/c1-3-10-22-11-9-20-18(22)16-15(14-7-5-4-6-8-14)21-12-23(16)13(2)17(19)24/h4-9,11-13H,3,10H2,1-2H3,(H2,19,24)/t13-/m1/s1.